The fraction of sp³-hybridized carbons (Fsp3) is 0.500. The highest BCUT2D eigenvalue weighted by Gasteiger charge is 2.20. The highest BCUT2D eigenvalue weighted by molar-refractivity contribution is 6.34. The smallest absolute Gasteiger partial charge is 0.271 e. The minimum Gasteiger partial charge on any atom is -0.397 e. The van der Waals surface area contributed by atoms with Gasteiger partial charge in [-0.05, 0) is 18.8 Å². The van der Waals surface area contributed by atoms with Crippen molar-refractivity contribution in [1.29, 1.82) is 0 Å². The normalized spacial score (nSPS) is 15.7. The molecule has 0 spiro atoms. The molecule has 1 aromatic rings. The summed E-state index contributed by atoms with van der Waals surface area (Å²) in [5.74, 6) is 0.0572. The SMILES string of the molecule is Nc1c(Cl)cc([N+](=O)[O-])cc1C(=O)NCC1CCCCC1. The van der Waals surface area contributed by atoms with Crippen LogP contribution in [0.1, 0.15) is 42.5 Å². The number of non-ortho nitro benzene ring substituents is 1. The second-order valence-corrected chi connectivity index (χ2v) is 5.77. The van der Waals surface area contributed by atoms with Crippen LogP contribution >= 0.6 is 11.6 Å². The average molecular weight is 312 g/mol. The topological polar surface area (TPSA) is 98.3 Å². The highest BCUT2D eigenvalue weighted by atomic mass is 35.5. The standard InChI is InChI=1S/C14H18ClN3O3/c15-12-7-10(18(20)21)6-11(13(12)16)14(19)17-8-9-4-2-1-3-5-9/h6-7,9H,1-5,8,16H2,(H,17,19). The summed E-state index contributed by atoms with van der Waals surface area (Å²) in [6.07, 6.45) is 5.82. The monoisotopic (exact) mass is 311 g/mol. The molecule has 1 aliphatic rings. The van der Waals surface area contributed by atoms with Crippen molar-refractivity contribution in [2.75, 3.05) is 12.3 Å². The Labute approximate surface area is 127 Å². The third-order valence-corrected chi connectivity index (χ3v) is 4.16. The Balaban J connectivity index is 2.09. The zero-order valence-corrected chi connectivity index (χ0v) is 12.4. The summed E-state index contributed by atoms with van der Waals surface area (Å²) in [5.41, 5.74) is 5.64. The Morgan fingerprint density at radius 1 is 1.38 bits per heavy atom. The van der Waals surface area contributed by atoms with Gasteiger partial charge in [-0.3, -0.25) is 14.9 Å². The molecule has 1 amide bonds. The third kappa shape index (κ3) is 3.85. The molecule has 21 heavy (non-hydrogen) atoms. The number of nitro groups is 1. The molecule has 0 radical (unpaired) electrons. The van der Waals surface area contributed by atoms with E-state index in [1.807, 2.05) is 0 Å². The van der Waals surface area contributed by atoms with Crippen molar-refractivity contribution in [2.45, 2.75) is 32.1 Å². The summed E-state index contributed by atoms with van der Waals surface area (Å²) >= 11 is 5.85. The van der Waals surface area contributed by atoms with E-state index in [4.69, 9.17) is 17.3 Å². The fourth-order valence-corrected chi connectivity index (χ4v) is 2.83. The van der Waals surface area contributed by atoms with Crippen molar-refractivity contribution in [3.05, 3.63) is 32.8 Å². The maximum absolute atomic E-state index is 12.2. The summed E-state index contributed by atoms with van der Waals surface area (Å²) < 4.78 is 0. The molecule has 1 saturated carbocycles. The lowest BCUT2D eigenvalue weighted by molar-refractivity contribution is -0.384. The first kappa shape index (κ1) is 15.6. The lowest BCUT2D eigenvalue weighted by Gasteiger charge is -2.21. The predicted molar refractivity (Wildman–Crippen MR) is 81.4 cm³/mol. The Bertz CT molecular complexity index is 557. The van der Waals surface area contributed by atoms with E-state index < -0.39 is 10.8 Å². The van der Waals surface area contributed by atoms with Crippen LogP contribution in [0.5, 0.6) is 0 Å². The molecular formula is C14H18ClN3O3. The molecule has 1 fully saturated rings. The molecule has 0 atom stereocenters. The second-order valence-electron chi connectivity index (χ2n) is 5.36. The van der Waals surface area contributed by atoms with Gasteiger partial charge in [-0.15, -0.1) is 0 Å². The summed E-state index contributed by atoms with van der Waals surface area (Å²) in [7, 11) is 0. The van der Waals surface area contributed by atoms with E-state index in [0.29, 0.717) is 12.5 Å². The minimum atomic E-state index is -0.594. The van der Waals surface area contributed by atoms with Crippen LogP contribution < -0.4 is 11.1 Å². The predicted octanol–water partition coefficient (Wildman–Crippen LogP) is 3.14. The number of carbonyl (C=O) groups excluding carboxylic acids is 1. The molecule has 0 aliphatic heterocycles. The molecule has 0 bridgehead atoms. The van der Waals surface area contributed by atoms with Crippen LogP contribution in [0.25, 0.3) is 0 Å². The average Bonchev–Trinajstić information content (AvgIpc) is 2.48. The first-order valence-corrected chi connectivity index (χ1v) is 7.38. The van der Waals surface area contributed by atoms with Crippen molar-refractivity contribution in [3.8, 4) is 0 Å². The highest BCUT2D eigenvalue weighted by Crippen LogP contribution is 2.29. The number of halogens is 1. The van der Waals surface area contributed by atoms with E-state index >= 15 is 0 Å². The number of carbonyl (C=O) groups is 1. The number of nitrogen functional groups attached to an aromatic ring is 1. The zero-order valence-electron chi connectivity index (χ0n) is 11.6. The summed E-state index contributed by atoms with van der Waals surface area (Å²) in [5, 5.41) is 13.6. The molecule has 0 aromatic heterocycles. The number of anilines is 1. The molecule has 3 N–H and O–H groups in total. The van der Waals surface area contributed by atoms with Crippen molar-refractivity contribution in [2.24, 2.45) is 5.92 Å². The van der Waals surface area contributed by atoms with Crippen LogP contribution in [0, 0.1) is 16.0 Å². The Morgan fingerprint density at radius 3 is 2.67 bits per heavy atom. The van der Waals surface area contributed by atoms with E-state index in [9.17, 15) is 14.9 Å². The van der Waals surface area contributed by atoms with Crippen LogP contribution in [-0.2, 0) is 0 Å². The second kappa shape index (κ2) is 6.76. The van der Waals surface area contributed by atoms with Gasteiger partial charge in [0.25, 0.3) is 11.6 Å². The molecule has 114 valence electrons. The van der Waals surface area contributed by atoms with E-state index in [2.05, 4.69) is 5.32 Å². The van der Waals surface area contributed by atoms with Gasteiger partial charge >= 0.3 is 0 Å². The molecule has 0 saturated heterocycles. The van der Waals surface area contributed by atoms with Gasteiger partial charge in [-0.25, -0.2) is 0 Å². The van der Waals surface area contributed by atoms with Crippen LogP contribution in [-0.4, -0.2) is 17.4 Å². The molecule has 1 aromatic carbocycles. The molecule has 0 unspecified atom stereocenters. The van der Waals surface area contributed by atoms with Gasteiger partial charge in [-0.2, -0.15) is 0 Å². The lowest BCUT2D eigenvalue weighted by atomic mass is 9.89. The van der Waals surface area contributed by atoms with Crippen LogP contribution in [0.2, 0.25) is 5.02 Å². The van der Waals surface area contributed by atoms with E-state index in [0.717, 1.165) is 25.0 Å². The maximum Gasteiger partial charge on any atom is 0.271 e. The Morgan fingerprint density at radius 2 is 2.05 bits per heavy atom. The molecule has 6 nitrogen and oxygen atoms in total. The van der Waals surface area contributed by atoms with Crippen molar-refractivity contribution in [1.82, 2.24) is 5.32 Å². The third-order valence-electron chi connectivity index (χ3n) is 3.85. The zero-order chi connectivity index (χ0) is 15.4. The molecule has 0 heterocycles. The molecular weight excluding hydrogens is 294 g/mol. The number of hydrogen-bond acceptors (Lipinski definition) is 4. The summed E-state index contributed by atoms with van der Waals surface area (Å²) in [6.45, 7) is 0.568. The summed E-state index contributed by atoms with van der Waals surface area (Å²) in [6, 6.07) is 2.31. The van der Waals surface area contributed by atoms with Gasteiger partial charge < -0.3 is 11.1 Å². The quantitative estimate of drug-likeness (QED) is 0.507. The number of nitrogens with zero attached hydrogens (tertiary/aromatic N) is 1. The van der Waals surface area contributed by atoms with Crippen LogP contribution in [0.15, 0.2) is 12.1 Å². The number of hydrogen-bond donors (Lipinski definition) is 2. The van der Waals surface area contributed by atoms with Crippen molar-refractivity contribution < 1.29 is 9.72 Å². The van der Waals surface area contributed by atoms with Crippen molar-refractivity contribution in [3.63, 3.8) is 0 Å². The number of amides is 1. The maximum atomic E-state index is 12.2. The molecule has 1 aliphatic carbocycles. The van der Waals surface area contributed by atoms with Gasteiger partial charge in [0.1, 0.15) is 0 Å². The number of rotatable bonds is 4. The summed E-state index contributed by atoms with van der Waals surface area (Å²) in [4.78, 5) is 22.4. The molecule has 2 rings (SSSR count). The first-order chi connectivity index (χ1) is 9.99. The minimum absolute atomic E-state index is 0.0204. The van der Waals surface area contributed by atoms with E-state index in [-0.39, 0.29) is 22.0 Å². The van der Waals surface area contributed by atoms with Gasteiger partial charge in [0.15, 0.2) is 0 Å². The van der Waals surface area contributed by atoms with Crippen LogP contribution in [0.3, 0.4) is 0 Å². The number of nitro benzene ring substituents is 1. The van der Waals surface area contributed by atoms with E-state index in [1.54, 1.807) is 0 Å². The fourth-order valence-electron chi connectivity index (χ4n) is 2.62. The van der Waals surface area contributed by atoms with Gasteiger partial charge in [0.2, 0.25) is 0 Å². The Kier molecular flexibility index (Phi) is 5.01. The molecule has 7 heteroatoms. The van der Waals surface area contributed by atoms with E-state index in [1.165, 1.54) is 19.3 Å². The first-order valence-electron chi connectivity index (χ1n) is 7.00. The van der Waals surface area contributed by atoms with Crippen LogP contribution in [0.4, 0.5) is 11.4 Å². The largest absolute Gasteiger partial charge is 0.397 e. The lowest BCUT2D eigenvalue weighted by Crippen LogP contribution is -2.30. The Hall–Kier alpha value is -1.82. The van der Waals surface area contributed by atoms with Gasteiger partial charge in [0, 0.05) is 18.7 Å². The van der Waals surface area contributed by atoms with Gasteiger partial charge in [-0.1, -0.05) is 30.9 Å². The van der Waals surface area contributed by atoms with Gasteiger partial charge in [0.05, 0.1) is 21.2 Å². The number of benzene rings is 1. The number of nitrogens with one attached hydrogen (secondary N) is 1. The van der Waals surface area contributed by atoms with Crippen molar-refractivity contribution >= 4 is 28.9 Å². The number of nitrogens with two attached hydrogens (primary N) is 1.